The summed E-state index contributed by atoms with van der Waals surface area (Å²) in [7, 11) is 0. The molecule has 0 aromatic heterocycles. The Morgan fingerprint density at radius 2 is 1.95 bits per heavy atom. The summed E-state index contributed by atoms with van der Waals surface area (Å²) >= 11 is 0. The molecule has 2 aromatic rings. The summed E-state index contributed by atoms with van der Waals surface area (Å²) in [5.74, 6) is 0.698. The van der Waals surface area contributed by atoms with Crippen LogP contribution in [0.1, 0.15) is 48.1 Å². The van der Waals surface area contributed by atoms with Crippen LogP contribution in [0.4, 0.5) is 0 Å². The van der Waals surface area contributed by atoms with Crippen LogP contribution < -0.4 is 5.32 Å². The number of phenolic OH excluding ortho intramolecular Hbond substituents is 1. The van der Waals surface area contributed by atoms with Crippen LogP contribution >= 0.6 is 0 Å². The lowest BCUT2D eigenvalue weighted by atomic mass is 9.75. The van der Waals surface area contributed by atoms with E-state index in [-0.39, 0.29) is 5.54 Å². The summed E-state index contributed by atoms with van der Waals surface area (Å²) in [6, 6.07) is 14.9. The van der Waals surface area contributed by atoms with Crippen molar-refractivity contribution in [2.75, 3.05) is 0 Å². The zero-order valence-corrected chi connectivity index (χ0v) is 11.9. The van der Waals surface area contributed by atoms with Crippen LogP contribution in [0, 0.1) is 0 Å². The number of phenols is 1. The number of hydrogen-bond acceptors (Lipinski definition) is 2. The van der Waals surface area contributed by atoms with Gasteiger partial charge in [-0.3, -0.25) is 5.32 Å². The molecular formula is C18H19NO. The third-order valence-corrected chi connectivity index (χ3v) is 5.26. The van der Waals surface area contributed by atoms with Gasteiger partial charge < -0.3 is 5.11 Å². The minimum absolute atomic E-state index is 0.0553. The van der Waals surface area contributed by atoms with Crippen molar-refractivity contribution < 1.29 is 5.11 Å². The Labute approximate surface area is 119 Å². The van der Waals surface area contributed by atoms with Gasteiger partial charge in [0, 0.05) is 17.5 Å². The van der Waals surface area contributed by atoms with Crippen molar-refractivity contribution in [3.05, 3.63) is 64.7 Å². The van der Waals surface area contributed by atoms with E-state index in [1.165, 1.54) is 22.3 Å². The molecule has 2 nitrogen and oxygen atoms in total. The molecule has 3 atom stereocenters. The van der Waals surface area contributed by atoms with Gasteiger partial charge in [-0.25, -0.2) is 0 Å². The molecule has 20 heavy (non-hydrogen) atoms. The molecule has 102 valence electrons. The third-order valence-electron chi connectivity index (χ3n) is 5.26. The fraction of sp³-hybridized carbons (Fsp3) is 0.333. The van der Waals surface area contributed by atoms with Gasteiger partial charge in [0.25, 0.3) is 0 Å². The Kier molecular flexibility index (Phi) is 2.31. The summed E-state index contributed by atoms with van der Waals surface area (Å²) in [5.41, 5.74) is 5.41. The number of rotatable bonds is 0. The van der Waals surface area contributed by atoms with Crippen LogP contribution in [0.3, 0.4) is 0 Å². The zero-order valence-electron chi connectivity index (χ0n) is 11.9. The number of aromatic hydroxyl groups is 1. The van der Waals surface area contributed by atoms with E-state index in [0.29, 0.717) is 17.7 Å². The van der Waals surface area contributed by atoms with E-state index in [1.807, 2.05) is 6.07 Å². The molecule has 2 aliphatic rings. The molecule has 0 amide bonds. The van der Waals surface area contributed by atoms with Crippen LogP contribution in [0.25, 0.3) is 0 Å². The summed E-state index contributed by atoms with van der Waals surface area (Å²) < 4.78 is 0. The Morgan fingerprint density at radius 3 is 2.80 bits per heavy atom. The van der Waals surface area contributed by atoms with Gasteiger partial charge in [0.2, 0.25) is 0 Å². The first-order valence-corrected chi connectivity index (χ1v) is 7.28. The lowest BCUT2D eigenvalue weighted by Gasteiger charge is -2.33. The number of benzene rings is 2. The van der Waals surface area contributed by atoms with E-state index in [4.69, 9.17) is 0 Å². The van der Waals surface area contributed by atoms with Gasteiger partial charge in [0.1, 0.15) is 5.75 Å². The van der Waals surface area contributed by atoms with Gasteiger partial charge in [-0.05, 0) is 47.7 Å². The van der Waals surface area contributed by atoms with Gasteiger partial charge in [-0.2, -0.15) is 0 Å². The maximum absolute atomic E-state index is 9.83. The fourth-order valence-corrected chi connectivity index (χ4v) is 4.01. The second-order valence-electron chi connectivity index (χ2n) is 6.30. The quantitative estimate of drug-likeness (QED) is 0.762. The maximum atomic E-state index is 9.83. The predicted molar refractivity (Wildman–Crippen MR) is 79.9 cm³/mol. The number of hydrogen-bond donors (Lipinski definition) is 2. The van der Waals surface area contributed by atoms with Crippen LogP contribution in [-0.4, -0.2) is 5.11 Å². The normalized spacial score (nSPS) is 30.5. The summed E-state index contributed by atoms with van der Waals surface area (Å²) in [6.45, 7) is 4.55. The number of fused-ring (bicyclic) bond motifs is 6. The minimum Gasteiger partial charge on any atom is -0.508 e. The molecular weight excluding hydrogens is 246 g/mol. The van der Waals surface area contributed by atoms with E-state index in [2.05, 4.69) is 49.5 Å². The molecule has 2 heterocycles. The third kappa shape index (κ3) is 1.43. The molecule has 0 spiro atoms. The summed E-state index contributed by atoms with van der Waals surface area (Å²) in [6.07, 6.45) is 0.993. The minimum atomic E-state index is -0.0553. The monoisotopic (exact) mass is 265 g/mol. The van der Waals surface area contributed by atoms with Crippen LogP contribution in [0.15, 0.2) is 42.5 Å². The molecule has 0 saturated heterocycles. The molecule has 4 rings (SSSR count). The van der Waals surface area contributed by atoms with Crippen molar-refractivity contribution in [2.45, 2.75) is 37.8 Å². The number of nitrogens with one attached hydrogen (secondary N) is 1. The highest BCUT2D eigenvalue weighted by atomic mass is 16.3. The average Bonchev–Trinajstić information content (AvgIpc) is 2.68. The predicted octanol–water partition coefficient (Wildman–Crippen LogP) is 3.61. The molecule has 0 saturated carbocycles. The second-order valence-corrected chi connectivity index (χ2v) is 6.30. The first-order chi connectivity index (χ1) is 9.59. The smallest absolute Gasteiger partial charge is 0.115 e. The zero-order chi connectivity index (χ0) is 13.9. The molecule has 2 aliphatic heterocycles. The van der Waals surface area contributed by atoms with Gasteiger partial charge in [0.05, 0.1) is 0 Å². The standard InChI is InChI=1S/C18H19NO/c1-11-15-10-13(20)8-7-12(15)9-17-14-5-3-4-6-16(14)18(11,2)19-17/h3-8,10-11,17,19-20H,9H2,1-2H3. The lowest BCUT2D eigenvalue weighted by molar-refractivity contribution is 0.319. The van der Waals surface area contributed by atoms with Crippen molar-refractivity contribution in [1.82, 2.24) is 5.32 Å². The lowest BCUT2D eigenvalue weighted by Crippen LogP contribution is -2.38. The SMILES string of the molecule is CC1c2cc(O)ccc2CC2NC1(C)c1ccccc12. The second kappa shape index (κ2) is 3.86. The molecule has 2 aromatic carbocycles. The highest BCUT2D eigenvalue weighted by Gasteiger charge is 2.46. The Balaban J connectivity index is 1.96. The molecule has 3 unspecified atom stereocenters. The molecule has 0 radical (unpaired) electrons. The largest absolute Gasteiger partial charge is 0.508 e. The van der Waals surface area contributed by atoms with Gasteiger partial charge >= 0.3 is 0 Å². The molecule has 2 N–H and O–H groups in total. The summed E-state index contributed by atoms with van der Waals surface area (Å²) in [5, 5.41) is 13.7. The van der Waals surface area contributed by atoms with E-state index in [9.17, 15) is 5.11 Å². The maximum Gasteiger partial charge on any atom is 0.115 e. The molecule has 0 aliphatic carbocycles. The topological polar surface area (TPSA) is 32.3 Å². The van der Waals surface area contributed by atoms with E-state index >= 15 is 0 Å². The first-order valence-electron chi connectivity index (χ1n) is 7.28. The molecule has 2 bridgehead atoms. The van der Waals surface area contributed by atoms with Gasteiger partial charge in [-0.1, -0.05) is 37.3 Å². The van der Waals surface area contributed by atoms with E-state index < -0.39 is 0 Å². The van der Waals surface area contributed by atoms with E-state index in [1.54, 1.807) is 6.07 Å². The van der Waals surface area contributed by atoms with Crippen LogP contribution in [-0.2, 0) is 12.0 Å². The van der Waals surface area contributed by atoms with Gasteiger partial charge in [-0.15, -0.1) is 0 Å². The average molecular weight is 265 g/mol. The highest BCUT2D eigenvalue weighted by Crippen LogP contribution is 2.50. The highest BCUT2D eigenvalue weighted by molar-refractivity contribution is 5.50. The summed E-state index contributed by atoms with van der Waals surface area (Å²) in [4.78, 5) is 0. The van der Waals surface area contributed by atoms with Crippen LogP contribution in [0.2, 0.25) is 0 Å². The fourth-order valence-electron chi connectivity index (χ4n) is 4.01. The Morgan fingerprint density at radius 1 is 1.15 bits per heavy atom. The van der Waals surface area contributed by atoms with Crippen LogP contribution in [0.5, 0.6) is 5.75 Å². The van der Waals surface area contributed by atoms with Gasteiger partial charge in [0.15, 0.2) is 0 Å². The van der Waals surface area contributed by atoms with E-state index in [0.717, 1.165) is 6.42 Å². The Hall–Kier alpha value is -1.80. The van der Waals surface area contributed by atoms with Crippen molar-refractivity contribution in [3.63, 3.8) is 0 Å². The molecule has 0 fully saturated rings. The van der Waals surface area contributed by atoms with Crippen molar-refractivity contribution in [1.29, 1.82) is 0 Å². The van der Waals surface area contributed by atoms with Crippen molar-refractivity contribution >= 4 is 0 Å². The first kappa shape index (κ1) is 12.0. The Bertz CT molecular complexity index is 694. The molecule has 2 heteroatoms. The van der Waals surface area contributed by atoms with Crippen molar-refractivity contribution in [2.24, 2.45) is 0 Å². The van der Waals surface area contributed by atoms with Crippen molar-refractivity contribution in [3.8, 4) is 5.75 Å².